The van der Waals surface area contributed by atoms with Gasteiger partial charge < -0.3 is 10.6 Å². The van der Waals surface area contributed by atoms with E-state index in [1.165, 1.54) is 0 Å². The van der Waals surface area contributed by atoms with Gasteiger partial charge in [-0.1, -0.05) is 0 Å². The molecule has 2 aromatic rings. The molecule has 2 aromatic heterocycles. The van der Waals surface area contributed by atoms with Gasteiger partial charge in [0.05, 0.1) is 5.69 Å². The molecule has 112 valence electrons. The smallest absolute Gasteiger partial charge is 0.225 e. The summed E-state index contributed by atoms with van der Waals surface area (Å²) in [6.07, 6.45) is 3.54. The molecule has 0 saturated carbocycles. The molecule has 0 radical (unpaired) electrons. The molecular weight excluding hydrogens is 262 g/mol. The summed E-state index contributed by atoms with van der Waals surface area (Å²) in [5.41, 5.74) is 1.81. The highest BCUT2D eigenvalue weighted by Crippen LogP contribution is 2.22. The van der Waals surface area contributed by atoms with E-state index >= 15 is 0 Å². The monoisotopic (exact) mass is 285 g/mol. The highest BCUT2D eigenvalue weighted by molar-refractivity contribution is 5.64. The average molecular weight is 285 g/mol. The van der Waals surface area contributed by atoms with E-state index in [1.54, 1.807) is 12.4 Å². The Kier molecular flexibility index (Phi) is 4.40. The molecule has 2 heterocycles. The number of anilines is 2. The van der Waals surface area contributed by atoms with E-state index in [9.17, 15) is 0 Å². The van der Waals surface area contributed by atoms with E-state index in [0.717, 1.165) is 17.1 Å². The Hall–Kier alpha value is -2.17. The third kappa shape index (κ3) is 4.70. The molecule has 0 aliphatic heterocycles. The summed E-state index contributed by atoms with van der Waals surface area (Å²) < 4.78 is 0. The third-order valence-corrected chi connectivity index (χ3v) is 2.63. The molecule has 0 bridgehead atoms. The van der Waals surface area contributed by atoms with Gasteiger partial charge in [-0.2, -0.15) is 4.98 Å². The first-order valence-corrected chi connectivity index (χ1v) is 7.18. The van der Waals surface area contributed by atoms with E-state index < -0.39 is 0 Å². The molecule has 0 unspecified atom stereocenters. The Morgan fingerprint density at radius 2 is 1.71 bits per heavy atom. The minimum atomic E-state index is -0.0913. The van der Waals surface area contributed by atoms with Gasteiger partial charge in [0.25, 0.3) is 0 Å². The zero-order valence-electron chi connectivity index (χ0n) is 13.3. The highest BCUT2D eigenvalue weighted by atomic mass is 15.2. The minimum Gasteiger partial charge on any atom is -0.368 e. The van der Waals surface area contributed by atoms with Crippen LogP contribution in [0.25, 0.3) is 11.3 Å². The molecule has 5 heteroatoms. The number of nitrogens with zero attached hydrogens (tertiary/aromatic N) is 3. The number of nitrogens with one attached hydrogen (secondary N) is 2. The van der Waals surface area contributed by atoms with E-state index in [0.29, 0.717) is 12.0 Å². The van der Waals surface area contributed by atoms with Crippen LogP contribution in [0.15, 0.2) is 30.6 Å². The van der Waals surface area contributed by atoms with Crippen LogP contribution in [0.2, 0.25) is 0 Å². The standard InChI is InChI=1S/C16H23N5/c1-11(2)18-14-10-13(12-6-8-17-9-7-12)19-15(20-14)21-16(3,4)5/h6-11H,1-5H3,(H2,18,19,20,21). The summed E-state index contributed by atoms with van der Waals surface area (Å²) >= 11 is 0. The van der Waals surface area contributed by atoms with Crippen molar-refractivity contribution in [1.29, 1.82) is 0 Å². The van der Waals surface area contributed by atoms with Gasteiger partial charge in [0.2, 0.25) is 5.95 Å². The van der Waals surface area contributed by atoms with Gasteiger partial charge in [0.15, 0.2) is 0 Å². The molecule has 21 heavy (non-hydrogen) atoms. The first-order valence-electron chi connectivity index (χ1n) is 7.18. The van der Waals surface area contributed by atoms with Gasteiger partial charge in [-0.25, -0.2) is 4.98 Å². The topological polar surface area (TPSA) is 62.7 Å². The number of pyridine rings is 1. The average Bonchev–Trinajstić information content (AvgIpc) is 2.36. The minimum absolute atomic E-state index is 0.0913. The number of hydrogen-bond donors (Lipinski definition) is 2. The van der Waals surface area contributed by atoms with Gasteiger partial charge in [-0.15, -0.1) is 0 Å². The lowest BCUT2D eigenvalue weighted by Gasteiger charge is -2.21. The van der Waals surface area contributed by atoms with Crippen molar-refractivity contribution in [3.8, 4) is 11.3 Å². The number of aromatic nitrogens is 3. The molecule has 0 fully saturated rings. The Morgan fingerprint density at radius 1 is 1.05 bits per heavy atom. The zero-order chi connectivity index (χ0) is 15.5. The zero-order valence-corrected chi connectivity index (χ0v) is 13.3. The molecule has 0 aliphatic carbocycles. The Morgan fingerprint density at radius 3 is 2.29 bits per heavy atom. The Balaban J connectivity index is 2.42. The third-order valence-electron chi connectivity index (χ3n) is 2.63. The van der Waals surface area contributed by atoms with Gasteiger partial charge in [0, 0.05) is 35.6 Å². The summed E-state index contributed by atoms with van der Waals surface area (Å²) in [6, 6.07) is 6.17. The van der Waals surface area contributed by atoms with Gasteiger partial charge in [0.1, 0.15) is 5.82 Å². The van der Waals surface area contributed by atoms with Crippen molar-refractivity contribution in [2.45, 2.75) is 46.2 Å². The molecule has 0 amide bonds. The van der Waals surface area contributed by atoms with Crippen LogP contribution < -0.4 is 10.6 Å². The fourth-order valence-corrected chi connectivity index (χ4v) is 1.88. The van der Waals surface area contributed by atoms with Crippen molar-refractivity contribution in [2.75, 3.05) is 10.6 Å². The van der Waals surface area contributed by atoms with Crippen LogP contribution in [0.3, 0.4) is 0 Å². The van der Waals surface area contributed by atoms with Crippen LogP contribution in [0.1, 0.15) is 34.6 Å². The maximum absolute atomic E-state index is 4.61. The first kappa shape index (κ1) is 15.2. The Bertz CT molecular complexity index is 587. The number of rotatable bonds is 4. The summed E-state index contributed by atoms with van der Waals surface area (Å²) in [4.78, 5) is 13.2. The van der Waals surface area contributed by atoms with Crippen LogP contribution in [0, 0.1) is 0 Å². The molecule has 0 aromatic carbocycles. The van der Waals surface area contributed by atoms with E-state index in [4.69, 9.17) is 0 Å². The van der Waals surface area contributed by atoms with Crippen molar-refractivity contribution >= 4 is 11.8 Å². The van der Waals surface area contributed by atoms with E-state index in [-0.39, 0.29) is 5.54 Å². The number of hydrogen-bond acceptors (Lipinski definition) is 5. The second-order valence-electron chi connectivity index (χ2n) is 6.37. The molecule has 5 nitrogen and oxygen atoms in total. The van der Waals surface area contributed by atoms with Crippen LogP contribution in [0.5, 0.6) is 0 Å². The summed E-state index contributed by atoms with van der Waals surface area (Å²) in [6.45, 7) is 10.4. The van der Waals surface area contributed by atoms with Crippen molar-refractivity contribution in [3.63, 3.8) is 0 Å². The first-order chi connectivity index (χ1) is 9.83. The van der Waals surface area contributed by atoms with Crippen LogP contribution in [0.4, 0.5) is 11.8 Å². The van der Waals surface area contributed by atoms with Gasteiger partial charge in [-0.3, -0.25) is 4.98 Å². The highest BCUT2D eigenvalue weighted by Gasteiger charge is 2.14. The maximum atomic E-state index is 4.61. The molecule has 0 spiro atoms. The van der Waals surface area contributed by atoms with E-state index in [1.807, 2.05) is 18.2 Å². The van der Waals surface area contributed by atoms with Gasteiger partial charge >= 0.3 is 0 Å². The molecular formula is C16H23N5. The van der Waals surface area contributed by atoms with Crippen molar-refractivity contribution in [2.24, 2.45) is 0 Å². The summed E-state index contributed by atoms with van der Waals surface area (Å²) in [7, 11) is 0. The molecule has 0 aliphatic rings. The van der Waals surface area contributed by atoms with Crippen molar-refractivity contribution < 1.29 is 0 Å². The predicted octanol–water partition coefficient (Wildman–Crippen LogP) is 3.57. The maximum Gasteiger partial charge on any atom is 0.225 e. The summed E-state index contributed by atoms with van der Waals surface area (Å²) in [5, 5.41) is 6.66. The Labute approximate surface area is 126 Å². The van der Waals surface area contributed by atoms with Crippen LogP contribution in [-0.4, -0.2) is 26.5 Å². The van der Waals surface area contributed by atoms with Crippen LogP contribution in [-0.2, 0) is 0 Å². The fraction of sp³-hybridized carbons (Fsp3) is 0.438. The normalized spacial score (nSPS) is 11.5. The van der Waals surface area contributed by atoms with Crippen molar-refractivity contribution in [1.82, 2.24) is 15.0 Å². The molecule has 2 rings (SSSR count). The second kappa shape index (κ2) is 6.08. The van der Waals surface area contributed by atoms with E-state index in [2.05, 4.69) is 60.2 Å². The molecule has 2 N–H and O–H groups in total. The quantitative estimate of drug-likeness (QED) is 0.899. The predicted molar refractivity (Wildman–Crippen MR) is 87.4 cm³/mol. The molecule has 0 saturated heterocycles. The lowest BCUT2D eigenvalue weighted by Crippen LogP contribution is -2.27. The lowest BCUT2D eigenvalue weighted by atomic mass is 10.1. The largest absolute Gasteiger partial charge is 0.368 e. The SMILES string of the molecule is CC(C)Nc1cc(-c2ccncc2)nc(NC(C)(C)C)n1. The van der Waals surface area contributed by atoms with Crippen molar-refractivity contribution in [3.05, 3.63) is 30.6 Å². The fourth-order valence-electron chi connectivity index (χ4n) is 1.88. The summed E-state index contributed by atoms with van der Waals surface area (Å²) in [5.74, 6) is 1.44. The van der Waals surface area contributed by atoms with Gasteiger partial charge in [-0.05, 0) is 46.8 Å². The van der Waals surface area contributed by atoms with Crippen LogP contribution >= 0.6 is 0 Å². The lowest BCUT2D eigenvalue weighted by molar-refractivity contribution is 0.626. The molecule has 0 atom stereocenters. The second-order valence-corrected chi connectivity index (χ2v) is 6.37.